The molecule has 3 rings (SSSR count). The number of thiophene rings is 1. The van der Waals surface area contributed by atoms with Gasteiger partial charge < -0.3 is 10.6 Å². The molecule has 0 saturated carbocycles. The molecular formula is C13H19N5S. The highest BCUT2D eigenvalue weighted by atomic mass is 32.1. The molecule has 2 aromatic rings. The van der Waals surface area contributed by atoms with E-state index < -0.39 is 0 Å². The van der Waals surface area contributed by atoms with Gasteiger partial charge in [-0.05, 0) is 49.2 Å². The minimum Gasteiger partial charge on any atom is -0.339 e. The van der Waals surface area contributed by atoms with Crippen LogP contribution in [0.15, 0.2) is 11.4 Å². The van der Waals surface area contributed by atoms with Crippen LogP contribution in [0.1, 0.15) is 18.4 Å². The van der Waals surface area contributed by atoms with Crippen molar-refractivity contribution in [1.29, 1.82) is 0 Å². The van der Waals surface area contributed by atoms with Crippen LogP contribution >= 0.6 is 11.3 Å². The van der Waals surface area contributed by atoms with Gasteiger partial charge in [-0.1, -0.05) is 0 Å². The Balaban J connectivity index is 1.79. The Hall–Kier alpha value is -1.40. The van der Waals surface area contributed by atoms with E-state index in [0.29, 0.717) is 5.92 Å². The third-order valence-electron chi connectivity index (χ3n) is 3.69. The number of nitrogens with two attached hydrogens (primary N) is 1. The number of aromatic amines is 1. The van der Waals surface area contributed by atoms with Crippen LogP contribution in [0.3, 0.4) is 0 Å². The van der Waals surface area contributed by atoms with Crippen molar-refractivity contribution in [3.05, 3.63) is 17.0 Å². The van der Waals surface area contributed by atoms with E-state index in [2.05, 4.69) is 38.5 Å². The number of rotatable bonds is 3. The Morgan fingerprint density at radius 2 is 2.47 bits per heavy atom. The first-order valence-electron chi connectivity index (χ1n) is 6.70. The number of anilines is 1. The summed E-state index contributed by atoms with van der Waals surface area (Å²) in [5.74, 6) is 2.25. The molecule has 1 aliphatic heterocycles. The van der Waals surface area contributed by atoms with E-state index in [-0.39, 0.29) is 0 Å². The van der Waals surface area contributed by atoms with Crippen molar-refractivity contribution in [1.82, 2.24) is 15.2 Å². The quantitative estimate of drug-likeness (QED) is 0.900. The number of H-pyrrole nitrogens is 1. The fraction of sp³-hybridized carbons (Fsp3) is 0.538. The second-order valence-electron chi connectivity index (χ2n) is 5.11. The summed E-state index contributed by atoms with van der Waals surface area (Å²) in [5, 5.41) is 9.50. The van der Waals surface area contributed by atoms with Crippen molar-refractivity contribution in [2.45, 2.75) is 19.8 Å². The molecule has 3 heterocycles. The highest BCUT2D eigenvalue weighted by Crippen LogP contribution is 2.28. The molecule has 5 nitrogen and oxygen atoms in total. The number of nitrogens with one attached hydrogen (secondary N) is 1. The maximum atomic E-state index is 5.77. The van der Waals surface area contributed by atoms with E-state index >= 15 is 0 Å². The molecule has 3 N–H and O–H groups in total. The molecular weight excluding hydrogens is 258 g/mol. The zero-order valence-corrected chi connectivity index (χ0v) is 11.9. The Kier molecular flexibility index (Phi) is 3.52. The summed E-state index contributed by atoms with van der Waals surface area (Å²) < 4.78 is 0. The van der Waals surface area contributed by atoms with Gasteiger partial charge in [-0.25, -0.2) is 0 Å². The van der Waals surface area contributed by atoms with Gasteiger partial charge in [0.05, 0.1) is 4.88 Å². The van der Waals surface area contributed by atoms with Crippen molar-refractivity contribution in [2.24, 2.45) is 11.7 Å². The molecule has 19 heavy (non-hydrogen) atoms. The van der Waals surface area contributed by atoms with Crippen LogP contribution in [0.25, 0.3) is 10.7 Å². The number of nitrogens with zero attached hydrogens (tertiary/aromatic N) is 3. The molecule has 0 spiro atoms. The molecule has 0 bridgehead atoms. The van der Waals surface area contributed by atoms with Gasteiger partial charge in [-0.2, -0.15) is 4.98 Å². The predicted molar refractivity (Wildman–Crippen MR) is 78.4 cm³/mol. The zero-order valence-electron chi connectivity index (χ0n) is 11.1. The average molecular weight is 277 g/mol. The maximum Gasteiger partial charge on any atom is 0.245 e. The number of aryl methyl sites for hydroxylation is 1. The number of hydrogen-bond acceptors (Lipinski definition) is 5. The third-order valence-corrected chi connectivity index (χ3v) is 4.71. The summed E-state index contributed by atoms with van der Waals surface area (Å²) in [6.45, 7) is 4.84. The van der Waals surface area contributed by atoms with Crippen molar-refractivity contribution in [2.75, 3.05) is 24.5 Å². The fourth-order valence-electron chi connectivity index (χ4n) is 2.55. The monoisotopic (exact) mass is 277 g/mol. The molecule has 0 amide bonds. The first-order valence-corrected chi connectivity index (χ1v) is 7.57. The summed E-state index contributed by atoms with van der Waals surface area (Å²) in [4.78, 5) is 8.05. The molecule has 1 unspecified atom stereocenters. The lowest BCUT2D eigenvalue weighted by molar-refractivity contribution is 0.420. The van der Waals surface area contributed by atoms with E-state index in [1.807, 2.05) is 0 Å². The van der Waals surface area contributed by atoms with Crippen LogP contribution in [0.4, 0.5) is 5.95 Å². The first kappa shape index (κ1) is 12.6. The third kappa shape index (κ3) is 2.50. The molecule has 0 radical (unpaired) electrons. The van der Waals surface area contributed by atoms with Crippen molar-refractivity contribution >= 4 is 17.3 Å². The smallest absolute Gasteiger partial charge is 0.245 e. The predicted octanol–water partition coefficient (Wildman–Crippen LogP) is 2.02. The van der Waals surface area contributed by atoms with Crippen LogP contribution in [-0.4, -0.2) is 34.8 Å². The van der Waals surface area contributed by atoms with Gasteiger partial charge in [0.1, 0.15) is 0 Å². The first-order chi connectivity index (χ1) is 9.28. The highest BCUT2D eigenvalue weighted by molar-refractivity contribution is 7.13. The van der Waals surface area contributed by atoms with Gasteiger partial charge in [0.15, 0.2) is 5.82 Å². The molecule has 1 fully saturated rings. The lowest BCUT2D eigenvalue weighted by atomic mass is 9.99. The van der Waals surface area contributed by atoms with E-state index in [4.69, 9.17) is 5.73 Å². The Morgan fingerprint density at radius 1 is 1.58 bits per heavy atom. The Labute approximate surface area is 116 Å². The minimum absolute atomic E-state index is 0.569. The molecule has 0 aromatic carbocycles. The zero-order chi connectivity index (χ0) is 13.2. The normalized spacial score (nSPS) is 19.9. The average Bonchev–Trinajstić information content (AvgIpc) is 3.07. The summed E-state index contributed by atoms with van der Waals surface area (Å²) in [5.41, 5.74) is 7.01. The largest absolute Gasteiger partial charge is 0.339 e. The lowest BCUT2D eigenvalue weighted by Crippen LogP contribution is -2.38. The van der Waals surface area contributed by atoms with E-state index in [0.717, 1.165) is 31.4 Å². The summed E-state index contributed by atoms with van der Waals surface area (Å²) in [7, 11) is 0. The SMILES string of the molecule is Cc1ccsc1-c1nc(N2CCCC(CN)C2)n[nH]1. The molecule has 1 atom stereocenters. The van der Waals surface area contributed by atoms with Crippen LogP contribution in [0, 0.1) is 12.8 Å². The number of aromatic nitrogens is 3. The van der Waals surface area contributed by atoms with Gasteiger partial charge in [0, 0.05) is 13.1 Å². The van der Waals surface area contributed by atoms with E-state index in [1.54, 1.807) is 11.3 Å². The Morgan fingerprint density at radius 3 is 3.21 bits per heavy atom. The summed E-state index contributed by atoms with van der Waals surface area (Å²) in [6, 6.07) is 2.10. The standard InChI is InChI=1S/C13H19N5S/c1-9-4-6-19-11(9)12-15-13(17-16-12)18-5-2-3-10(7-14)8-18/h4,6,10H,2-3,5,7-8,14H2,1H3,(H,15,16,17). The summed E-state index contributed by atoms with van der Waals surface area (Å²) in [6.07, 6.45) is 2.39. The second kappa shape index (κ2) is 5.30. The minimum atomic E-state index is 0.569. The van der Waals surface area contributed by atoms with Crippen LogP contribution in [0.2, 0.25) is 0 Å². The molecule has 6 heteroatoms. The highest BCUT2D eigenvalue weighted by Gasteiger charge is 2.22. The van der Waals surface area contributed by atoms with Gasteiger partial charge in [0.25, 0.3) is 0 Å². The molecule has 102 valence electrons. The number of piperidine rings is 1. The molecule has 1 saturated heterocycles. The number of hydrogen-bond donors (Lipinski definition) is 2. The van der Waals surface area contributed by atoms with Gasteiger partial charge in [-0.3, -0.25) is 5.10 Å². The molecule has 1 aliphatic rings. The van der Waals surface area contributed by atoms with Crippen LogP contribution in [0.5, 0.6) is 0 Å². The second-order valence-corrected chi connectivity index (χ2v) is 6.02. The van der Waals surface area contributed by atoms with Crippen molar-refractivity contribution in [3.63, 3.8) is 0 Å². The van der Waals surface area contributed by atoms with Crippen LogP contribution < -0.4 is 10.6 Å². The fourth-order valence-corrected chi connectivity index (χ4v) is 3.42. The van der Waals surface area contributed by atoms with Gasteiger partial charge in [0.2, 0.25) is 5.95 Å². The van der Waals surface area contributed by atoms with Gasteiger partial charge in [-0.15, -0.1) is 16.4 Å². The van der Waals surface area contributed by atoms with Gasteiger partial charge >= 0.3 is 0 Å². The van der Waals surface area contributed by atoms with E-state index in [9.17, 15) is 0 Å². The topological polar surface area (TPSA) is 70.8 Å². The summed E-state index contributed by atoms with van der Waals surface area (Å²) >= 11 is 1.70. The van der Waals surface area contributed by atoms with E-state index in [1.165, 1.54) is 23.3 Å². The lowest BCUT2D eigenvalue weighted by Gasteiger charge is -2.31. The van der Waals surface area contributed by atoms with Crippen LogP contribution in [-0.2, 0) is 0 Å². The molecule has 2 aromatic heterocycles. The van der Waals surface area contributed by atoms with Crippen molar-refractivity contribution < 1.29 is 0 Å². The van der Waals surface area contributed by atoms with Crippen molar-refractivity contribution in [3.8, 4) is 10.7 Å². The Bertz CT molecular complexity index is 547. The molecule has 0 aliphatic carbocycles. The maximum absolute atomic E-state index is 5.77.